The van der Waals surface area contributed by atoms with Gasteiger partial charge in [-0.25, -0.2) is 9.97 Å². The lowest BCUT2D eigenvalue weighted by atomic mass is 10.2. The predicted molar refractivity (Wildman–Crippen MR) is 106 cm³/mol. The van der Waals surface area contributed by atoms with E-state index in [2.05, 4.69) is 43.2 Å². The van der Waals surface area contributed by atoms with Gasteiger partial charge in [-0.05, 0) is 60.2 Å². The van der Waals surface area contributed by atoms with Crippen molar-refractivity contribution in [1.82, 2.24) is 9.97 Å². The number of hydrogen-bond acceptors (Lipinski definition) is 5. The van der Waals surface area contributed by atoms with Crippen molar-refractivity contribution in [1.29, 1.82) is 0 Å². The molecule has 0 unspecified atom stereocenters. The quantitative estimate of drug-likeness (QED) is 0.563. The Bertz CT molecular complexity index is 874. The third-order valence-corrected chi connectivity index (χ3v) is 5.12. The predicted octanol–water partition coefficient (Wildman–Crippen LogP) is 4.76. The molecular weight excluding hydrogens is 435 g/mol. The summed E-state index contributed by atoms with van der Waals surface area (Å²) < 4.78 is 1.01. The number of aromatic nitrogens is 2. The standard InChI is InChI=1S/C17H15IN4OS/c1-10-5-3-7-12(18)15(10)22-16(23)13-9-19-17(24-13)21-14-8-4-6-11(2)20-14/h3-9H,1-2H3,(H,22,23)(H,19,20,21). The van der Waals surface area contributed by atoms with Gasteiger partial charge in [-0.2, -0.15) is 0 Å². The summed E-state index contributed by atoms with van der Waals surface area (Å²) in [5.74, 6) is 0.551. The van der Waals surface area contributed by atoms with Crippen LogP contribution in [0.15, 0.2) is 42.6 Å². The van der Waals surface area contributed by atoms with Gasteiger partial charge < -0.3 is 10.6 Å². The molecule has 1 aromatic carbocycles. The smallest absolute Gasteiger partial charge is 0.267 e. The van der Waals surface area contributed by atoms with Gasteiger partial charge >= 0.3 is 0 Å². The van der Waals surface area contributed by atoms with Crippen molar-refractivity contribution in [3.63, 3.8) is 0 Å². The second-order valence-electron chi connectivity index (χ2n) is 5.20. The third kappa shape index (κ3) is 3.90. The average Bonchev–Trinajstić information content (AvgIpc) is 2.99. The number of aryl methyl sites for hydroxylation is 2. The molecule has 5 nitrogen and oxygen atoms in total. The molecule has 0 bridgehead atoms. The molecule has 0 aliphatic heterocycles. The molecule has 2 N–H and O–H groups in total. The Hall–Kier alpha value is -2.00. The highest BCUT2D eigenvalue weighted by Gasteiger charge is 2.14. The van der Waals surface area contributed by atoms with Gasteiger partial charge in [0.2, 0.25) is 0 Å². The normalized spacial score (nSPS) is 10.5. The summed E-state index contributed by atoms with van der Waals surface area (Å²) in [5.41, 5.74) is 2.79. The lowest BCUT2D eigenvalue weighted by molar-refractivity contribution is 0.103. The molecule has 0 saturated heterocycles. The molecule has 0 aliphatic rings. The maximum atomic E-state index is 12.5. The lowest BCUT2D eigenvalue weighted by Crippen LogP contribution is -2.12. The Balaban J connectivity index is 1.74. The number of nitrogens with zero attached hydrogens (tertiary/aromatic N) is 2. The first-order valence-electron chi connectivity index (χ1n) is 7.26. The number of carbonyl (C=O) groups excluding carboxylic acids is 1. The van der Waals surface area contributed by atoms with Crippen molar-refractivity contribution in [3.8, 4) is 0 Å². The molecule has 3 rings (SSSR count). The summed E-state index contributed by atoms with van der Waals surface area (Å²) in [6, 6.07) is 11.6. The van der Waals surface area contributed by atoms with Gasteiger partial charge in [-0.1, -0.05) is 29.5 Å². The summed E-state index contributed by atoms with van der Waals surface area (Å²) in [5, 5.41) is 6.72. The summed E-state index contributed by atoms with van der Waals surface area (Å²) in [7, 11) is 0. The number of pyridine rings is 1. The van der Waals surface area contributed by atoms with Crippen LogP contribution in [-0.4, -0.2) is 15.9 Å². The van der Waals surface area contributed by atoms with Gasteiger partial charge in [-0.3, -0.25) is 4.79 Å². The fourth-order valence-corrected chi connectivity index (χ4v) is 3.61. The van der Waals surface area contributed by atoms with Crippen molar-refractivity contribution >= 4 is 56.5 Å². The average molecular weight is 450 g/mol. The van der Waals surface area contributed by atoms with Crippen molar-refractivity contribution in [2.45, 2.75) is 13.8 Å². The summed E-state index contributed by atoms with van der Waals surface area (Å²) in [4.78, 5) is 21.6. The molecule has 0 fully saturated rings. The molecule has 3 aromatic rings. The van der Waals surface area contributed by atoms with E-state index < -0.39 is 0 Å². The first kappa shape index (κ1) is 16.8. The Kier molecular flexibility index (Phi) is 5.10. The maximum Gasteiger partial charge on any atom is 0.267 e. The van der Waals surface area contributed by atoms with Gasteiger partial charge in [0.05, 0.1) is 11.9 Å². The van der Waals surface area contributed by atoms with Gasteiger partial charge in [0.1, 0.15) is 10.7 Å². The first-order valence-corrected chi connectivity index (χ1v) is 9.15. The fraction of sp³-hybridized carbons (Fsp3) is 0.118. The van der Waals surface area contributed by atoms with Gasteiger partial charge in [0, 0.05) is 9.26 Å². The minimum Gasteiger partial charge on any atom is -0.320 e. The third-order valence-electron chi connectivity index (χ3n) is 3.31. The van der Waals surface area contributed by atoms with Gasteiger partial charge in [0.25, 0.3) is 5.91 Å². The van der Waals surface area contributed by atoms with E-state index in [9.17, 15) is 4.79 Å². The van der Waals surface area contributed by atoms with Crippen molar-refractivity contribution in [2.75, 3.05) is 10.6 Å². The number of rotatable bonds is 4. The lowest BCUT2D eigenvalue weighted by Gasteiger charge is -2.09. The van der Waals surface area contributed by atoms with Crippen LogP contribution in [0.4, 0.5) is 16.6 Å². The molecule has 0 aliphatic carbocycles. The zero-order chi connectivity index (χ0) is 17.1. The van der Waals surface area contributed by atoms with Gasteiger partial charge in [0.15, 0.2) is 5.13 Å². The van der Waals surface area contributed by atoms with E-state index in [0.717, 1.165) is 20.5 Å². The Morgan fingerprint density at radius 3 is 2.71 bits per heavy atom. The molecule has 24 heavy (non-hydrogen) atoms. The van der Waals surface area contributed by atoms with Crippen molar-refractivity contribution in [3.05, 3.63) is 62.3 Å². The van der Waals surface area contributed by atoms with Crippen molar-refractivity contribution in [2.24, 2.45) is 0 Å². The number of carbonyl (C=O) groups is 1. The number of benzene rings is 1. The monoisotopic (exact) mass is 450 g/mol. The SMILES string of the molecule is Cc1cccc(Nc2ncc(C(=O)Nc3c(C)cccc3I)s2)n1. The Morgan fingerprint density at radius 1 is 1.17 bits per heavy atom. The zero-order valence-electron chi connectivity index (χ0n) is 13.1. The molecule has 2 heterocycles. The molecule has 2 aromatic heterocycles. The summed E-state index contributed by atoms with van der Waals surface area (Å²) in [6.45, 7) is 3.90. The molecule has 0 radical (unpaired) electrons. The molecule has 122 valence electrons. The molecule has 0 spiro atoms. The Labute approximate surface area is 157 Å². The van der Waals surface area contributed by atoms with Crippen LogP contribution in [0, 0.1) is 17.4 Å². The highest BCUT2D eigenvalue weighted by atomic mass is 127. The van der Waals surface area contributed by atoms with E-state index >= 15 is 0 Å². The highest BCUT2D eigenvalue weighted by molar-refractivity contribution is 14.1. The minimum absolute atomic E-state index is 0.162. The largest absolute Gasteiger partial charge is 0.320 e. The number of amides is 1. The van der Waals surface area contributed by atoms with Crippen LogP contribution >= 0.6 is 33.9 Å². The number of thiazole rings is 1. The molecule has 0 saturated carbocycles. The van der Waals surface area contributed by atoms with E-state index in [0.29, 0.717) is 15.8 Å². The molecule has 0 atom stereocenters. The Morgan fingerprint density at radius 2 is 1.96 bits per heavy atom. The number of para-hydroxylation sites is 1. The van der Waals surface area contributed by atoms with Crippen LogP contribution < -0.4 is 10.6 Å². The van der Waals surface area contributed by atoms with Crippen LogP contribution in [0.1, 0.15) is 20.9 Å². The highest BCUT2D eigenvalue weighted by Crippen LogP contribution is 2.26. The number of anilines is 3. The van der Waals surface area contributed by atoms with Gasteiger partial charge in [-0.15, -0.1) is 0 Å². The fourth-order valence-electron chi connectivity index (χ4n) is 2.12. The van der Waals surface area contributed by atoms with Crippen LogP contribution in [0.2, 0.25) is 0 Å². The van der Waals surface area contributed by atoms with E-state index in [4.69, 9.17) is 0 Å². The molecule has 7 heteroatoms. The summed E-state index contributed by atoms with van der Waals surface area (Å²) in [6.07, 6.45) is 1.57. The van der Waals surface area contributed by atoms with Crippen LogP contribution in [-0.2, 0) is 0 Å². The molecule has 1 amide bonds. The van der Waals surface area contributed by atoms with E-state index in [1.165, 1.54) is 11.3 Å². The van der Waals surface area contributed by atoms with E-state index in [1.54, 1.807) is 6.20 Å². The van der Waals surface area contributed by atoms with E-state index in [1.807, 2.05) is 50.2 Å². The topological polar surface area (TPSA) is 66.9 Å². The van der Waals surface area contributed by atoms with Crippen LogP contribution in [0.3, 0.4) is 0 Å². The second kappa shape index (κ2) is 7.27. The first-order chi connectivity index (χ1) is 11.5. The minimum atomic E-state index is -0.162. The van der Waals surface area contributed by atoms with Crippen LogP contribution in [0.25, 0.3) is 0 Å². The maximum absolute atomic E-state index is 12.5. The second-order valence-corrected chi connectivity index (χ2v) is 7.40. The van der Waals surface area contributed by atoms with Crippen molar-refractivity contribution < 1.29 is 4.79 Å². The van der Waals surface area contributed by atoms with Crippen LogP contribution in [0.5, 0.6) is 0 Å². The number of halogens is 1. The number of nitrogens with one attached hydrogen (secondary N) is 2. The van der Waals surface area contributed by atoms with E-state index in [-0.39, 0.29) is 5.91 Å². The molecular formula is C17H15IN4OS. The zero-order valence-corrected chi connectivity index (χ0v) is 16.1. The summed E-state index contributed by atoms with van der Waals surface area (Å²) >= 11 is 3.51. The number of hydrogen-bond donors (Lipinski definition) is 2.